The van der Waals surface area contributed by atoms with Crippen LogP contribution in [0.4, 0.5) is 0 Å². The monoisotopic (exact) mass is 272 g/mol. The molecule has 1 aromatic carbocycles. The predicted octanol–water partition coefficient (Wildman–Crippen LogP) is 2.94. The minimum absolute atomic E-state index is 0.667. The zero-order chi connectivity index (χ0) is 13.9. The Bertz CT molecular complexity index is 411. The number of benzene rings is 1. The zero-order valence-electron chi connectivity index (χ0n) is 12.9. The highest BCUT2D eigenvalue weighted by Crippen LogP contribution is 2.31. The molecule has 110 valence electrons. The van der Waals surface area contributed by atoms with Gasteiger partial charge in [0.2, 0.25) is 0 Å². The van der Waals surface area contributed by atoms with Crippen molar-refractivity contribution in [3.05, 3.63) is 35.9 Å². The van der Waals surface area contributed by atoms with E-state index in [4.69, 9.17) is 0 Å². The molecule has 1 aliphatic carbocycles. The molecule has 1 aliphatic heterocycles. The number of hydrogen-bond donors (Lipinski definition) is 1. The molecule has 20 heavy (non-hydrogen) atoms. The van der Waals surface area contributed by atoms with Gasteiger partial charge in [0.15, 0.2) is 0 Å². The van der Waals surface area contributed by atoms with Crippen LogP contribution in [0.25, 0.3) is 0 Å². The minimum Gasteiger partial charge on any atom is -0.311 e. The van der Waals surface area contributed by atoms with Crippen LogP contribution in [0.15, 0.2) is 30.3 Å². The fourth-order valence-electron chi connectivity index (χ4n) is 3.27. The Morgan fingerprint density at radius 1 is 1.20 bits per heavy atom. The molecule has 1 N–H and O–H groups in total. The van der Waals surface area contributed by atoms with E-state index >= 15 is 0 Å². The Hall–Kier alpha value is -0.860. The van der Waals surface area contributed by atoms with Gasteiger partial charge in [-0.3, -0.25) is 4.90 Å². The number of piperazine rings is 1. The van der Waals surface area contributed by atoms with E-state index in [1.165, 1.54) is 37.9 Å². The molecule has 2 fully saturated rings. The molecular weight excluding hydrogens is 244 g/mol. The summed E-state index contributed by atoms with van der Waals surface area (Å²) in [7, 11) is 0. The fraction of sp³-hybridized carbons (Fsp3) is 0.667. The Morgan fingerprint density at radius 2 is 1.95 bits per heavy atom. The first-order valence-electron chi connectivity index (χ1n) is 8.23. The smallest absolute Gasteiger partial charge is 0.0261 e. The van der Waals surface area contributed by atoms with Crippen molar-refractivity contribution in [1.29, 1.82) is 0 Å². The molecule has 1 aromatic rings. The average Bonchev–Trinajstić information content (AvgIpc) is 3.26. The normalized spacial score (nSPS) is 27.9. The minimum atomic E-state index is 0.667. The van der Waals surface area contributed by atoms with E-state index in [-0.39, 0.29) is 0 Å². The van der Waals surface area contributed by atoms with E-state index in [2.05, 4.69) is 54.4 Å². The summed E-state index contributed by atoms with van der Waals surface area (Å²) in [5.74, 6) is 1.72. The van der Waals surface area contributed by atoms with Crippen LogP contribution >= 0.6 is 0 Å². The van der Waals surface area contributed by atoms with E-state index in [1.54, 1.807) is 0 Å². The Kier molecular flexibility index (Phi) is 4.42. The summed E-state index contributed by atoms with van der Waals surface area (Å²) >= 11 is 0. The maximum Gasteiger partial charge on any atom is 0.0261 e. The number of hydrogen-bond acceptors (Lipinski definition) is 2. The number of nitrogens with zero attached hydrogens (tertiary/aromatic N) is 1. The predicted molar refractivity (Wildman–Crippen MR) is 84.9 cm³/mol. The summed E-state index contributed by atoms with van der Waals surface area (Å²) in [5.41, 5.74) is 1.48. The lowest BCUT2D eigenvalue weighted by molar-refractivity contribution is 0.108. The second kappa shape index (κ2) is 6.28. The molecule has 2 atom stereocenters. The second-order valence-electron chi connectivity index (χ2n) is 7.00. The van der Waals surface area contributed by atoms with Crippen LogP contribution in [0.5, 0.6) is 0 Å². The van der Waals surface area contributed by atoms with Crippen LogP contribution in [0.1, 0.15) is 32.3 Å². The van der Waals surface area contributed by atoms with Gasteiger partial charge in [0, 0.05) is 31.7 Å². The first-order valence-corrected chi connectivity index (χ1v) is 8.23. The highest BCUT2D eigenvalue weighted by atomic mass is 15.2. The van der Waals surface area contributed by atoms with Gasteiger partial charge in [0.25, 0.3) is 0 Å². The molecule has 2 aliphatic rings. The molecule has 2 unspecified atom stereocenters. The second-order valence-corrected chi connectivity index (χ2v) is 7.00. The van der Waals surface area contributed by atoms with Gasteiger partial charge in [-0.05, 0) is 36.7 Å². The molecular formula is C18H28N2. The molecule has 0 aromatic heterocycles. The molecule has 2 nitrogen and oxygen atoms in total. The van der Waals surface area contributed by atoms with E-state index < -0.39 is 0 Å². The molecule has 2 heteroatoms. The Morgan fingerprint density at radius 3 is 2.60 bits per heavy atom. The maximum atomic E-state index is 3.77. The molecule has 0 spiro atoms. The first-order chi connectivity index (χ1) is 9.72. The number of nitrogens with one attached hydrogen (secondary N) is 1. The van der Waals surface area contributed by atoms with Crippen LogP contribution in [0.3, 0.4) is 0 Å². The third-order valence-corrected chi connectivity index (χ3v) is 4.87. The molecule has 0 radical (unpaired) electrons. The first kappa shape index (κ1) is 14.1. The van der Waals surface area contributed by atoms with Crippen molar-refractivity contribution >= 4 is 0 Å². The van der Waals surface area contributed by atoms with Crippen LogP contribution < -0.4 is 5.32 Å². The van der Waals surface area contributed by atoms with E-state index in [1.807, 2.05) is 0 Å². The van der Waals surface area contributed by atoms with E-state index in [0.29, 0.717) is 12.1 Å². The zero-order valence-corrected chi connectivity index (χ0v) is 12.9. The van der Waals surface area contributed by atoms with Crippen molar-refractivity contribution in [2.45, 2.75) is 45.2 Å². The molecule has 0 bridgehead atoms. The molecule has 1 saturated carbocycles. The van der Waals surface area contributed by atoms with Crippen LogP contribution in [0, 0.1) is 11.8 Å². The summed E-state index contributed by atoms with van der Waals surface area (Å²) in [6, 6.07) is 12.3. The van der Waals surface area contributed by atoms with Crippen molar-refractivity contribution in [3.63, 3.8) is 0 Å². The number of rotatable bonds is 5. The van der Waals surface area contributed by atoms with Crippen molar-refractivity contribution in [2.24, 2.45) is 11.8 Å². The standard InChI is InChI=1S/C18H28N2/c1-14(2)18-13-20(12-16-8-9-16)17(11-19-18)10-15-6-4-3-5-7-15/h3-7,14,16-19H,8-13H2,1-2H3. The van der Waals surface area contributed by atoms with Crippen LogP contribution in [0.2, 0.25) is 0 Å². The lowest BCUT2D eigenvalue weighted by Gasteiger charge is -2.42. The fourth-order valence-corrected chi connectivity index (χ4v) is 3.27. The molecule has 1 saturated heterocycles. The molecule has 1 heterocycles. The summed E-state index contributed by atoms with van der Waals surface area (Å²) in [4.78, 5) is 2.77. The Balaban J connectivity index is 1.64. The van der Waals surface area contributed by atoms with Gasteiger partial charge in [-0.15, -0.1) is 0 Å². The third-order valence-electron chi connectivity index (χ3n) is 4.87. The third kappa shape index (κ3) is 3.62. The van der Waals surface area contributed by atoms with Crippen molar-refractivity contribution < 1.29 is 0 Å². The lowest BCUT2D eigenvalue weighted by atomic mass is 9.96. The SMILES string of the molecule is CC(C)C1CN(CC2CC2)C(Cc2ccccc2)CN1. The van der Waals surface area contributed by atoms with Gasteiger partial charge < -0.3 is 5.32 Å². The highest BCUT2D eigenvalue weighted by molar-refractivity contribution is 5.16. The van der Waals surface area contributed by atoms with E-state index in [0.717, 1.165) is 18.4 Å². The summed E-state index contributed by atoms with van der Waals surface area (Å²) in [6.45, 7) is 8.37. The van der Waals surface area contributed by atoms with E-state index in [9.17, 15) is 0 Å². The van der Waals surface area contributed by atoms with Gasteiger partial charge in [-0.25, -0.2) is 0 Å². The highest BCUT2D eigenvalue weighted by Gasteiger charge is 2.33. The summed E-state index contributed by atoms with van der Waals surface area (Å²) < 4.78 is 0. The van der Waals surface area contributed by atoms with Crippen LogP contribution in [-0.2, 0) is 6.42 Å². The van der Waals surface area contributed by atoms with Crippen LogP contribution in [-0.4, -0.2) is 36.6 Å². The quantitative estimate of drug-likeness (QED) is 0.886. The van der Waals surface area contributed by atoms with Gasteiger partial charge in [0.05, 0.1) is 0 Å². The molecule has 0 amide bonds. The van der Waals surface area contributed by atoms with Crippen molar-refractivity contribution in [2.75, 3.05) is 19.6 Å². The Labute approximate surface area is 123 Å². The summed E-state index contributed by atoms with van der Waals surface area (Å²) in [6.07, 6.45) is 4.09. The summed E-state index contributed by atoms with van der Waals surface area (Å²) in [5, 5.41) is 3.77. The van der Waals surface area contributed by atoms with Gasteiger partial charge in [-0.1, -0.05) is 44.2 Å². The topological polar surface area (TPSA) is 15.3 Å². The van der Waals surface area contributed by atoms with Crippen molar-refractivity contribution in [1.82, 2.24) is 10.2 Å². The maximum absolute atomic E-state index is 3.77. The lowest BCUT2D eigenvalue weighted by Crippen LogP contribution is -2.59. The van der Waals surface area contributed by atoms with Crippen molar-refractivity contribution in [3.8, 4) is 0 Å². The van der Waals surface area contributed by atoms with Gasteiger partial charge >= 0.3 is 0 Å². The van der Waals surface area contributed by atoms with Gasteiger partial charge in [-0.2, -0.15) is 0 Å². The van der Waals surface area contributed by atoms with Gasteiger partial charge in [0.1, 0.15) is 0 Å². The largest absolute Gasteiger partial charge is 0.311 e. The average molecular weight is 272 g/mol. The molecule has 3 rings (SSSR count).